The van der Waals surface area contributed by atoms with Crippen LogP contribution in [-0.2, 0) is 0 Å². The monoisotopic (exact) mass is 513 g/mol. The third kappa shape index (κ3) is 4.14. The Labute approximate surface area is 234 Å². The second kappa shape index (κ2) is 10.4. The van der Waals surface area contributed by atoms with Gasteiger partial charge in [-0.3, -0.25) is 4.98 Å². The van der Waals surface area contributed by atoms with Crippen molar-refractivity contribution in [1.29, 1.82) is 0 Å². The molecule has 6 aromatic carbocycles. The summed E-state index contributed by atoms with van der Waals surface area (Å²) in [5.74, 6) is 0. The van der Waals surface area contributed by atoms with E-state index >= 15 is 0 Å². The van der Waals surface area contributed by atoms with Crippen LogP contribution in [0.2, 0.25) is 0 Å². The van der Waals surface area contributed by atoms with Gasteiger partial charge in [0.1, 0.15) is 0 Å². The van der Waals surface area contributed by atoms with Crippen LogP contribution in [0.5, 0.6) is 0 Å². The molecule has 190 valence electrons. The summed E-state index contributed by atoms with van der Waals surface area (Å²) >= 11 is 0. The van der Waals surface area contributed by atoms with E-state index in [-0.39, 0.29) is 0 Å². The van der Waals surface area contributed by atoms with Crippen molar-refractivity contribution in [3.8, 4) is 0 Å². The zero-order valence-electron chi connectivity index (χ0n) is 21.9. The second-order valence-corrected chi connectivity index (χ2v) is 9.66. The van der Waals surface area contributed by atoms with Crippen molar-refractivity contribution in [1.82, 2.24) is 4.98 Å². The molecule has 1 heterocycles. The lowest BCUT2D eigenvalue weighted by atomic mass is 9.98. The molecule has 0 N–H and O–H groups in total. The summed E-state index contributed by atoms with van der Waals surface area (Å²) in [6.07, 6.45) is 1.90. The number of rotatable bonds is 6. The summed E-state index contributed by atoms with van der Waals surface area (Å²) in [6.45, 7) is 0. The number of aromatic nitrogens is 1. The number of nitrogens with zero attached hydrogens (tertiary/aromatic N) is 3. The van der Waals surface area contributed by atoms with Gasteiger partial charge in [-0.1, -0.05) is 97.1 Å². The minimum atomic E-state index is 0.945. The van der Waals surface area contributed by atoms with Crippen molar-refractivity contribution in [3.63, 3.8) is 0 Å². The molecule has 0 radical (unpaired) electrons. The van der Waals surface area contributed by atoms with Gasteiger partial charge < -0.3 is 9.80 Å². The van der Waals surface area contributed by atoms with Gasteiger partial charge in [-0.2, -0.15) is 0 Å². The average Bonchev–Trinajstić information content (AvgIpc) is 3.04. The molecule has 0 amide bonds. The lowest BCUT2D eigenvalue weighted by Gasteiger charge is -2.32. The highest BCUT2D eigenvalue weighted by Crippen LogP contribution is 2.50. The van der Waals surface area contributed by atoms with Gasteiger partial charge >= 0.3 is 0 Å². The number of pyridine rings is 1. The predicted octanol–water partition coefficient (Wildman–Crippen LogP) is 10.3. The summed E-state index contributed by atoms with van der Waals surface area (Å²) in [4.78, 5) is 9.75. The van der Waals surface area contributed by atoms with Crippen LogP contribution in [0.1, 0.15) is 0 Å². The number of para-hydroxylation sites is 4. The maximum Gasteiger partial charge on any atom is 0.0970 e. The summed E-state index contributed by atoms with van der Waals surface area (Å²) < 4.78 is 0. The maximum absolute atomic E-state index is 5.07. The Balaban J connectivity index is 1.62. The van der Waals surface area contributed by atoms with E-state index in [1.165, 1.54) is 0 Å². The molecule has 0 bridgehead atoms. The van der Waals surface area contributed by atoms with E-state index in [1.54, 1.807) is 0 Å². The molecule has 0 fully saturated rings. The Morgan fingerprint density at radius 1 is 0.325 bits per heavy atom. The molecule has 0 atom stereocenters. The molecule has 0 unspecified atom stereocenters. The quantitative estimate of drug-likeness (QED) is 0.163. The van der Waals surface area contributed by atoms with Crippen molar-refractivity contribution >= 4 is 55.8 Å². The third-order valence-electron chi connectivity index (χ3n) is 7.23. The predicted molar refractivity (Wildman–Crippen MR) is 169 cm³/mol. The SMILES string of the molecule is c1ccc(N(c2ccccc2)c2c3ccccc3c(N(c3ccccc3)c3ccccc3)c3ncccc23)cc1. The van der Waals surface area contributed by atoms with Gasteiger partial charge in [0, 0.05) is 45.1 Å². The minimum Gasteiger partial charge on any atom is -0.309 e. The molecule has 0 saturated heterocycles. The minimum absolute atomic E-state index is 0.945. The zero-order chi connectivity index (χ0) is 26.7. The molecule has 3 nitrogen and oxygen atoms in total. The fourth-order valence-electron chi connectivity index (χ4n) is 5.54. The van der Waals surface area contributed by atoms with E-state index in [4.69, 9.17) is 4.98 Å². The number of benzene rings is 6. The summed E-state index contributed by atoms with van der Waals surface area (Å²) in [6, 6.07) is 55.2. The Hall–Kier alpha value is -5.41. The van der Waals surface area contributed by atoms with Crippen LogP contribution >= 0.6 is 0 Å². The lowest BCUT2D eigenvalue weighted by molar-refractivity contribution is 1.27. The maximum atomic E-state index is 5.07. The smallest absolute Gasteiger partial charge is 0.0970 e. The highest BCUT2D eigenvalue weighted by Gasteiger charge is 2.25. The Morgan fingerprint density at radius 2 is 0.675 bits per heavy atom. The van der Waals surface area contributed by atoms with E-state index in [1.807, 2.05) is 12.3 Å². The Kier molecular flexibility index (Phi) is 6.15. The number of anilines is 6. The molecule has 7 rings (SSSR count). The van der Waals surface area contributed by atoms with E-state index in [2.05, 4.69) is 161 Å². The molecule has 1 aromatic heterocycles. The van der Waals surface area contributed by atoms with Crippen LogP contribution in [0, 0.1) is 0 Å². The highest BCUT2D eigenvalue weighted by molar-refractivity contribution is 6.22. The molecule has 7 aromatic rings. The summed E-state index contributed by atoms with van der Waals surface area (Å²) in [5.41, 5.74) is 7.48. The molecule has 0 aliphatic rings. The lowest BCUT2D eigenvalue weighted by Crippen LogP contribution is -2.14. The van der Waals surface area contributed by atoms with Gasteiger partial charge in [0.25, 0.3) is 0 Å². The highest BCUT2D eigenvalue weighted by atomic mass is 15.2. The first kappa shape index (κ1) is 23.7. The molecule has 0 spiro atoms. The number of hydrogen-bond donors (Lipinski definition) is 0. The van der Waals surface area contributed by atoms with Crippen molar-refractivity contribution < 1.29 is 0 Å². The first-order chi connectivity index (χ1) is 19.9. The number of hydrogen-bond acceptors (Lipinski definition) is 3. The largest absolute Gasteiger partial charge is 0.309 e. The molecular formula is C37H27N3. The molecule has 0 saturated carbocycles. The van der Waals surface area contributed by atoms with Crippen molar-refractivity contribution in [2.45, 2.75) is 0 Å². The van der Waals surface area contributed by atoms with Gasteiger partial charge in [0.05, 0.1) is 16.9 Å². The summed E-state index contributed by atoms with van der Waals surface area (Å²) in [7, 11) is 0. The van der Waals surface area contributed by atoms with Crippen LogP contribution in [0.4, 0.5) is 34.1 Å². The van der Waals surface area contributed by atoms with Gasteiger partial charge in [0.15, 0.2) is 0 Å². The van der Waals surface area contributed by atoms with E-state index < -0.39 is 0 Å². The number of fused-ring (bicyclic) bond motifs is 2. The van der Waals surface area contributed by atoms with Crippen LogP contribution in [0.15, 0.2) is 164 Å². The van der Waals surface area contributed by atoms with Gasteiger partial charge in [-0.05, 0) is 60.7 Å². The van der Waals surface area contributed by atoms with Crippen LogP contribution in [-0.4, -0.2) is 4.98 Å². The van der Waals surface area contributed by atoms with Crippen molar-refractivity contribution in [2.24, 2.45) is 0 Å². The Bertz CT molecular complexity index is 1610. The molecule has 40 heavy (non-hydrogen) atoms. The third-order valence-corrected chi connectivity index (χ3v) is 7.23. The average molecular weight is 514 g/mol. The molecular weight excluding hydrogens is 486 g/mol. The summed E-state index contributed by atoms with van der Waals surface area (Å²) in [5, 5.41) is 3.37. The van der Waals surface area contributed by atoms with E-state index in [9.17, 15) is 0 Å². The van der Waals surface area contributed by atoms with Crippen molar-refractivity contribution in [2.75, 3.05) is 9.80 Å². The van der Waals surface area contributed by atoms with Crippen molar-refractivity contribution in [3.05, 3.63) is 164 Å². The topological polar surface area (TPSA) is 19.4 Å². The fraction of sp³-hybridized carbons (Fsp3) is 0. The van der Waals surface area contributed by atoms with Gasteiger partial charge in [-0.25, -0.2) is 0 Å². The molecule has 0 aliphatic carbocycles. The normalized spacial score (nSPS) is 11.0. The second-order valence-electron chi connectivity index (χ2n) is 9.66. The molecule has 3 heteroatoms. The van der Waals surface area contributed by atoms with Crippen LogP contribution < -0.4 is 9.80 Å². The van der Waals surface area contributed by atoms with Gasteiger partial charge in [-0.15, -0.1) is 0 Å². The first-order valence-corrected chi connectivity index (χ1v) is 13.5. The standard InChI is InChI=1S/C37H27N3/c1-5-16-28(17-6-1)39(29-18-7-2-8-19-29)36-32-24-13-14-25-33(32)37(35-34(36)26-15-27-38-35)40(30-20-9-3-10-21-30)31-22-11-4-12-23-31/h1-27H. The van der Waals surface area contributed by atoms with Gasteiger partial charge in [0.2, 0.25) is 0 Å². The Morgan fingerprint density at radius 3 is 1.12 bits per heavy atom. The fourth-order valence-corrected chi connectivity index (χ4v) is 5.54. The van der Waals surface area contributed by atoms with Crippen LogP contribution in [0.3, 0.4) is 0 Å². The first-order valence-electron chi connectivity index (χ1n) is 13.5. The van der Waals surface area contributed by atoms with E-state index in [0.29, 0.717) is 0 Å². The zero-order valence-corrected chi connectivity index (χ0v) is 21.9. The van der Waals surface area contributed by atoms with Crippen LogP contribution in [0.25, 0.3) is 21.7 Å². The molecule has 0 aliphatic heterocycles. The van der Waals surface area contributed by atoms with E-state index in [0.717, 1.165) is 55.8 Å².